The van der Waals surface area contributed by atoms with E-state index in [1.807, 2.05) is 26.0 Å². The number of hydrogen-bond donors (Lipinski definition) is 1. The third-order valence-electron chi connectivity index (χ3n) is 4.54. The van der Waals surface area contributed by atoms with E-state index < -0.39 is 0 Å². The minimum atomic E-state index is -0.297. The van der Waals surface area contributed by atoms with E-state index in [0.717, 1.165) is 56.0 Å². The summed E-state index contributed by atoms with van der Waals surface area (Å²) >= 11 is 12.4. The molecule has 1 N–H and O–H groups in total. The van der Waals surface area contributed by atoms with Crippen molar-refractivity contribution in [3.8, 4) is 6.07 Å². The zero-order valence-electron chi connectivity index (χ0n) is 13.9. The van der Waals surface area contributed by atoms with Crippen LogP contribution in [-0.4, -0.2) is 30.6 Å². The molecule has 2 rings (SSSR count). The average molecular weight is 354 g/mol. The van der Waals surface area contributed by atoms with Gasteiger partial charge in [-0.3, -0.25) is 4.90 Å². The molecule has 0 radical (unpaired) electrons. The van der Waals surface area contributed by atoms with Gasteiger partial charge in [-0.25, -0.2) is 0 Å². The van der Waals surface area contributed by atoms with Crippen molar-refractivity contribution < 1.29 is 0 Å². The van der Waals surface area contributed by atoms with Crippen LogP contribution in [0.4, 0.5) is 0 Å². The van der Waals surface area contributed by atoms with Gasteiger partial charge in [0.25, 0.3) is 0 Å². The topological polar surface area (TPSA) is 39.1 Å². The zero-order chi connectivity index (χ0) is 16.9. The van der Waals surface area contributed by atoms with E-state index in [2.05, 4.69) is 16.3 Å². The molecule has 1 aromatic carbocycles. The van der Waals surface area contributed by atoms with E-state index in [4.69, 9.17) is 23.2 Å². The van der Waals surface area contributed by atoms with Crippen molar-refractivity contribution in [2.45, 2.75) is 45.7 Å². The standard InChI is InChI=1S/C18H25Cl2N3/c1-18(2,13-21)7-10-23(16-5-8-22-9-6-16)12-14-3-4-15(19)11-17(14)20/h3-4,11,16,22H,5-10,12H2,1-2H3. The highest BCUT2D eigenvalue weighted by Gasteiger charge is 2.25. The molecule has 1 saturated heterocycles. The summed E-state index contributed by atoms with van der Waals surface area (Å²) in [6.07, 6.45) is 3.13. The molecule has 0 unspecified atom stereocenters. The molecule has 0 aromatic heterocycles. The van der Waals surface area contributed by atoms with Crippen molar-refractivity contribution >= 4 is 23.2 Å². The summed E-state index contributed by atoms with van der Waals surface area (Å²) in [4.78, 5) is 2.48. The van der Waals surface area contributed by atoms with Gasteiger partial charge in [0.05, 0.1) is 11.5 Å². The van der Waals surface area contributed by atoms with Gasteiger partial charge in [-0.15, -0.1) is 0 Å². The fourth-order valence-corrected chi connectivity index (χ4v) is 3.38. The van der Waals surface area contributed by atoms with Crippen LogP contribution in [0.25, 0.3) is 0 Å². The van der Waals surface area contributed by atoms with Gasteiger partial charge < -0.3 is 5.32 Å². The molecule has 0 atom stereocenters. The van der Waals surface area contributed by atoms with Crippen LogP contribution in [0.1, 0.15) is 38.7 Å². The van der Waals surface area contributed by atoms with Crippen molar-refractivity contribution in [1.82, 2.24) is 10.2 Å². The van der Waals surface area contributed by atoms with E-state index >= 15 is 0 Å². The number of nitriles is 1. The fraction of sp³-hybridized carbons (Fsp3) is 0.611. The molecule has 0 amide bonds. The first-order chi connectivity index (χ1) is 10.9. The lowest BCUT2D eigenvalue weighted by Crippen LogP contribution is -2.43. The number of nitrogens with one attached hydrogen (secondary N) is 1. The zero-order valence-corrected chi connectivity index (χ0v) is 15.4. The summed E-state index contributed by atoms with van der Waals surface area (Å²) in [5, 5.41) is 14.1. The number of rotatable bonds is 6. The Bertz CT molecular complexity index is 560. The molecule has 0 spiro atoms. The minimum absolute atomic E-state index is 0.297. The molecule has 0 aliphatic carbocycles. The summed E-state index contributed by atoms with van der Waals surface area (Å²) in [6, 6.07) is 8.64. The number of benzene rings is 1. The van der Waals surface area contributed by atoms with Gasteiger partial charge in [-0.1, -0.05) is 29.3 Å². The number of hydrogen-bond acceptors (Lipinski definition) is 3. The Morgan fingerprint density at radius 1 is 1.30 bits per heavy atom. The second-order valence-corrected chi connectivity index (χ2v) is 7.78. The Morgan fingerprint density at radius 3 is 2.61 bits per heavy atom. The van der Waals surface area contributed by atoms with Crippen molar-refractivity contribution in [3.05, 3.63) is 33.8 Å². The molecule has 1 aliphatic rings. The molecule has 1 aliphatic heterocycles. The second-order valence-electron chi connectivity index (χ2n) is 6.93. The van der Waals surface area contributed by atoms with Crippen molar-refractivity contribution in [2.75, 3.05) is 19.6 Å². The van der Waals surface area contributed by atoms with Gasteiger partial charge >= 0.3 is 0 Å². The number of halogens is 2. The molecular weight excluding hydrogens is 329 g/mol. The maximum Gasteiger partial charge on any atom is 0.0684 e. The highest BCUT2D eigenvalue weighted by Crippen LogP contribution is 2.26. The smallest absolute Gasteiger partial charge is 0.0684 e. The average Bonchev–Trinajstić information content (AvgIpc) is 2.54. The first-order valence-electron chi connectivity index (χ1n) is 8.21. The van der Waals surface area contributed by atoms with Crippen LogP contribution in [0.5, 0.6) is 0 Å². The van der Waals surface area contributed by atoms with Gasteiger partial charge in [0.2, 0.25) is 0 Å². The van der Waals surface area contributed by atoms with E-state index in [-0.39, 0.29) is 5.41 Å². The third-order valence-corrected chi connectivity index (χ3v) is 5.13. The Hall–Kier alpha value is -0.790. The highest BCUT2D eigenvalue weighted by molar-refractivity contribution is 6.35. The first-order valence-corrected chi connectivity index (χ1v) is 8.97. The highest BCUT2D eigenvalue weighted by atomic mass is 35.5. The Balaban J connectivity index is 2.10. The summed E-state index contributed by atoms with van der Waals surface area (Å²) in [5.74, 6) is 0. The SMILES string of the molecule is CC(C)(C#N)CCN(Cc1ccc(Cl)cc1Cl)C1CCNCC1. The molecule has 5 heteroatoms. The summed E-state index contributed by atoms with van der Waals surface area (Å²) in [7, 11) is 0. The van der Waals surface area contributed by atoms with Crippen LogP contribution in [-0.2, 0) is 6.54 Å². The largest absolute Gasteiger partial charge is 0.317 e. The number of piperidine rings is 1. The van der Waals surface area contributed by atoms with Crippen molar-refractivity contribution in [1.29, 1.82) is 5.26 Å². The monoisotopic (exact) mass is 353 g/mol. The molecule has 1 fully saturated rings. The van der Waals surface area contributed by atoms with Gasteiger partial charge in [-0.05, 0) is 63.9 Å². The van der Waals surface area contributed by atoms with Crippen LogP contribution in [0, 0.1) is 16.7 Å². The molecule has 1 aromatic rings. The van der Waals surface area contributed by atoms with Crippen LogP contribution in [0.15, 0.2) is 18.2 Å². The van der Waals surface area contributed by atoms with Crippen LogP contribution < -0.4 is 5.32 Å². The quantitative estimate of drug-likeness (QED) is 0.818. The van der Waals surface area contributed by atoms with Crippen molar-refractivity contribution in [2.24, 2.45) is 5.41 Å². The van der Waals surface area contributed by atoms with E-state index in [0.29, 0.717) is 11.1 Å². The van der Waals surface area contributed by atoms with Gasteiger partial charge in [0, 0.05) is 29.2 Å². The molecule has 1 heterocycles. The number of nitrogens with zero attached hydrogens (tertiary/aromatic N) is 2. The molecule has 0 bridgehead atoms. The molecular formula is C18H25Cl2N3. The second kappa shape index (κ2) is 8.35. The molecule has 0 saturated carbocycles. The summed E-state index contributed by atoms with van der Waals surface area (Å²) in [6.45, 7) is 7.83. The van der Waals surface area contributed by atoms with Crippen LogP contribution in [0.2, 0.25) is 10.0 Å². The normalized spacial score (nSPS) is 16.5. The molecule has 126 valence electrons. The van der Waals surface area contributed by atoms with E-state index in [1.54, 1.807) is 6.07 Å². The first kappa shape index (κ1) is 18.5. The molecule has 3 nitrogen and oxygen atoms in total. The Kier molecular flexibility index (Phi) is 6.73. The lowest BCUT2D eigenvalue weighted by Gasteiger charge is -2.36. The van der Waals surface area contributed by atoms with Gasteiger partial charge in [0.15, 0.2) is 0 Å². The summed E-state index contributed by atoms with van der Waals surface area (Å²) in [5.41, 5.74) is 0.805. The predicted molar refractivity (Wildman–Crippen MR) is 96.8 cm³/mol. The van der Waals surface area contributed by atoms with Gasteiger partial charge in [0.1, 0.15) is 0 Å². The third kappa shape index (κ3) is 5.65. The Morgan fingerprint density at radius 2 is 2.00 bits per heavy atom. The molecule has 23 heavy (non-hydrogen) atoms. The maximum absolute atomic E-state index is 9.27. The fourth-order valence-electron chi connectivity index (χ4n) is 2.91. The van der Waals surface area contributed by atoms with Crippen molar-refractivity contribution in [3.63, 3.8) is 0 Å². The van der Waals surface area contributed by atoms with Crippen LogP contribution in [0.3, 0.4) is 0 Å². The summed E-state index contributed by atoms with van der Waals surface area (Å²) < 4.78 is 0. The lowest BCUT2D eigenvalue weighted by molar-refractivity contribution is 0.140. The van der Waals surface area contributed by atoms with Gasteiger partial charge in [-0.2, -0.15) is 5.26 Å². The van der Waals surface area contributed by atoms with Crippen LogP contribution >= 0.6 is 23.2 Å². The Labute approximate surface area is 149 Å². The predicted octanol–water partition coefficient (Wildman–Crippen LogP) is 4.49. The van der Waals surface area contributed by atoms with E-state index in [9.17, 15) is 5.26 Å². The minimum Gasteiger partial charge on any atom is -0.317 e. The lowest BCUT2D eigenvalue weighted by atomic mass is 9.90. The van der Waals surface area contributed by atoms with E-state index in [1.165, 1.54) is 0 Å². The maximum atomic E-state index is 9.27.